The highest BCUT2D eigenvalue weighted by molar-refractivity contribution is 7.07. The molecule has 128 valence electrons. The predicted molar refractivity (Wildman–Crippen MR) is 93.6 cm³/mol. The number of carbonyl (C=O) groups is 1. The van der Waals surface area contributed by atoms with Crippen molar-refractivity contribution in [1.29, 1.82) is 5.26 Å². The van der Waals surface area contributed by atoms with Crippen LogP contribution in [0, 0.1) is 17.1 Å². The first kappa shape index (κ1) is 17.1. The molecule has 0 unspecified atom stereocenters. The molecule has 0 N–H and O–H groups in total. The summed E-state index contributed by atoms with van der Waals surface area (Å²) >= 11 is 1.07. The van der Waals surface area contributed by atoms with E-state index in [2.05, 4.69) is 0 Å². The number of nitriles is 1. The fraction of sp³-hybridized carbons (Fsp3) is 0.278. The van der Waals surface area contributed by atoms with E-state index in [0.29, 0.717) is 27.8 Å². The standard InChI is InChI=1S/C18H16FN3O2S/c1-21-17(24)15(10-12-5-4-6-13(19)9-12)25-18(21)14(11-20)16(23)22-7-2-3-8-22/h4-6,9-10H,2-3,7-8H2,1H3/b15-10+,18-14-. The first-order valence-electron chi connectivity index (χ1n) is 7.88. The Hall–Kier alpha value is -2.72. The molecule has 0 bridgehead atoms. The van der Waals surface area contributed by atoms with Crippen LogP contribution in [0.3, 0.4) is 0 Å². The van der Waals surface area contributed by atoms with Crippen LogP contribution in [0.4, 0.5) is 4.39 Å². The second-order valence-electron chi connectivity index (χ2n) is 5.82. The third-order valence-corrected chi connectivity index (χ3v) is 5.29. The van der Waals surface area contributed by atoms with Crippen LogP contribution in [0.25, 0.3) is 11.6 Å². The first-order chi connectivity index (χ1) is 12.0. The molecule has 1 aromatic heterocycles. The van der Waals surface area contributed by atoms with Gasteiger partial charge in [-0.1, -0.05) is 12.1 Å². The lowest BCUT2D eigenvalue weighted by atomic mass is 10.2. The molecule has 3 rings (SSSR count). The minimum Gasteiger partial charge on any atom is -0.338 e. The Bertz CT molecular complexity index is 1040. The number of amides is 1. The Labute approximate surface area is 147 Å². The monoisotopic (exact) mass is 357 g/mol. The number of nitrogens with zero attached hydrogens (tertiary/aromatic N) is 3. The third-order valence-electron chi connectivity index (χ3n) is 4.11. The van der Waals surface area contributed by atoms with Gasteiger partial charge in [0.1, 0.15) is 16.5 Å². The number of aromatic nitrogens is 1. The normalized spacial score (nSPS) is 16.0. The van der Waals surface area contributed by atoms with Gasteiger partial charge in [-0.25, -0.2) is 4.39 Å². The van der Waals surface area contributed by atoms with Gasteiger partial charge in [0, 0.05) is 20.1 Å². The number of halogens is 1. The lowest BCUT2D eigenvalue weighted by Gasteiger charge is -2.13. The smallest absolute Gasteiger partial charge is 0.268 e. The number of thiazole rings is 1. The summed E-state index contributed by atoms with van der Waals surface area (Å²) in [5, 5.41) is 9.46. The molecule has 0 atom stereocenters. The highest BCUT2D eigenvalue weighted by Crippen LogP contribution is 2.11. The fourth-order valence-electron chi connectivity index (χ4n) is 2.80. The van der Waals surface area contributed by atoms with E-state index in [9.17, 15) is 19.2 Å². The number of rotatable bonds is 2. The third kappa shape index (κ3) is 3.39. The largest absolute Gasteiger partial charge is 0.338 e. The zero-order chi connectivity index (χ0) is 18.0. The van der Waals surface area contributed by atoms with Crippen LogP contribution >= 0.6 is 11.3 Å². The molecule has 2 aromatic rings. The lowest BCUT2D eigenvalue weighted by Crippen LogP contribution is -2.34. The molecule has 0 saturated carbocycles. The summed E-state index contributed by atoms with van der Waals surface area (Å²) in [5.74, 6) is -0.731. The van der Waals surface area contributed by atoms with Gasteiger partial charge in [-0.3, -0.25) is 9.59 Å². The maximum absolute atomic E-state index is 13.3. The molecule has 25 heavy (non-hydrogen) atoms. The molecule has 1 aliphatic heterocycles. The van der Waals surface area contributed by atoms with Crippen LogP contribution in [0.1, 0.15) is 18.4 Å². The van der Waals surface area contributed by atoms with E-state index < -0.39 is 5.82 Å². The summed E-state index contributed by atoms with van der Waals surface area (Å²) in [7, 11) is 1.53. The van der Waals surface area contributed by atoms with Crippen molar-refractivity contribution in [3.05, 3.63) is 55.2 Å². The number of benzene rings is 1. The maximum Gasteiger partial charge on any atom is 0.268 e. The van der Waals surface area contributed by atoms with Crippen molar-refractivity contribution in [3.8, 4) is 6.07 Å². The molecule has 1 fully saturated rings. The van der Waals surface area contributed by atoms with Gasteiger partial charge in [0.15, 0.2) is 5.57 Å². The molecule has 0 spiro atoms. The number of likely N-dealkylation sites (tertiary alicyclic amines) is 1. The van der Waals surface area contributed by atoms with Gasteiger partial charge >= 0.3 is 0 Å². The van der Waals surface area contributed by atoms with Crippen LogP contribution in [0.5, 0.6) is 0 Å². The number of hydrogen-bond acceptors (Lipinski definition) is 4. The molecular formula is C18H16FN3O2S. The van der Waals surface area contributed by atoms with Gasteiger partial charge < -0.3 is 9.47 Å². The highest BCUT2D eigenvalue weighted by Gasteiger charge is 2.23. The molecular weight excluding hydrogens is 341 g/mol. The van der Waals surface area contributed by atoms with Gasteiger partial charge in [0.25, 0.3) is 11.5 Å². The summed E-state index contributed by atoms with van der Waals surface area (Å²) in [6.07, 6.45) is 3.41. The molecule has 1 saturated heterocycles. The van der Waals surface area contributed by atoms with E-state index in [1.54, 1.807) is 23.1 Å². The summed E-state index contributed by atoms with van der Waals surface area (Å²) in [4.78, 5) is 26.6. The second kappa shape index (κ2) is 7.03. The van der Waals surface area contributed by atoms with Crippen LogP contribution in [0.15, 0.2) is 29.1 Å². The van der Waals surface area contributed by atoms with Gasteiger partial charge in [0.2, 0.25) is 0 Å². The van der Waals surface area contributed by atoms with Crippen molar-refractivity contribution in [1.82, 2.24) is 9.47 Å². The molecule has 0 radical (unpaired) electrons. The summed E-state index contributed by atoms with van der Waals surface area (Å²) < 4.78 is 15.3. The number of hydrogen-bond donors (Lipinski definition) is 0. The molecule has 0 aliphatic carbocycles. The predicted octanol–water partition coefficient (Wildman–Crippen LogP) is 0.711. The minimum absolute atomic E-state index is 0.0228. The van der Waals surface area contributed by atoms with Crippen LogP contribution in [-0.2, 0) is 11.8 Å². The number of carbonyl (C=O) groups excluding carboxylic acids is 1. The second-order valence-corrected chi connectivity index (χ2v) is 6.85. The topological polar surface area (TPSA) is 66.1 Å². The Balaban J connectivity index is 2.16. The zero-order valence-electron chi connectivity index (χ0n) is 13.7. The van der Waals surface area contributed by atoms with Crippen molar-refractivity contribution in [2.24, 2.45) is 7.05 Å². The van der Waals surface area contributed by atoms with E-state index in [-0.39, 0.29) is 17.0 Å². The summed E-state index contributed by atoms with van der Waals surface area (Å²) in [6.45, 7) is 1.26. The van der Waals surface area contributed by atoms with Crippen molar-refractivity contribution < 1.29 is 9.18 Å². The van der Waals surface area contributed by atoms with Crippen molar-refractivity contribution in [2.75, 3.05) is 13.1 Å². The minimum atomic E-state index is -0.393. The van der Waals surface area contributed by atoms with Crippen molar-refractivity contribution >= 4 is 28.9 Å². The van der Waals surface area contributed by atoms with Gasteiger partial charge in [-0.15, -0.1) is 11.3 Å². The Morgan fingerprint density at radius 1 is 1.36 bits per heavy atom. The molecule has 1 aromatic carbocycles. The van der Waals surface area contributed by atoms with E-state index in [4.69, 9.17) is 0 Å². The zero-order valence-corrected chi connectivity index (χ0v) is 14.5. The van der Waals surface area contributed by atoms with Gasteiger partial charge in [0.05, 0.1) is 4.53 Å². The molecule has 7 heteroatoms. The molecule has 5 nitrogen and oxygen atoms in total. The Morgan fingerprint density at radius 2 is 2.08 bits per heavy atom. The SMILES string of the molecule is Cn1c(=O)/c(=C\c2cccc(F)c2)s/c1=C(/C#N)C(=O)N1CCCC1. The van der Waals surface area contributed by atoms with Crippen molar-refractivity contribution in [2.45, 2.75) is 12.8 Å². The fourth-order valence-corrected chi connectivity index (χ4v) is 3.88. The van der Waals surface area contributed by atoms with Gasteiger partial charge in [-0.2, -0.15) is 5.26 Å². The van der Waals surface area contributed by atoms with Crippen LogP contribution in [0.2, 0.25) is 0 Å². The lowest BCUT2D eigenvalue weighted by molar-refractivity contribution is -0.123. The van der Waals surface area contributed by atoms with E-state index >= 15 is 0 Å². The Morgan fingerprint density at radius 3 is 2.72 bits per heavy atom. The van der Waals surface area contributed by atoms with E-state index in [1.165, 1.54) is 23.7 Å². The average Bonchev–Trinajstić information content (AvgIpc) is 3.21. The van der Waals surface area contributed by atoms with Crippen molar-refractivity contribution in [3.63, 3.8) is 0 Å². The maximum atomic E-state index is 13.3. The average molecular weight is 357 g/mol. The summed E-state index contributed by atoms with van der Waals surface area (Å²) in [6, 6.07) is 7.85. The van der Waals surface area contributed by atoms with E-state index in [1.807, 2.05) is 6.07 Å². The summed E-state index contributed by atoms with van der Waals surface area (Å²) in [5.41, 5.74) is 0.214. The van der Waals surface area contributed by atoms with Crippen LogP contribution < -0.4 is 14.8 Å². The Kier molecular flexibility index (Phi) is 4.81. The molecule has 1 aliphatic rings. The van der Waals surface area contributed by atoms with E-state index in [0.717, 1.165) is 24.2 Å². The van der Waals surface area contributed by atoms with Crippen LogP contribution in [-0.4, -0.2) is 28.5 Å². The first-order valence-corrected chi connectivity index (χ1v) is 8.69. The quantitative estimate of drug-likeness (QED) is 0.795. The molecule has 2 heterocycles. The van der Waals surface area contributed by atoms with Gasteiger partial charge in [-0.05, 0) is 36.6 Å². The molecule has 1 amide bonds. The highest BCUT2D eigenvalue weighted by atomic mass is 32.1.